The van der Waals surface area contributed by atoms with E-state index in [0.717, 1.165) is 16.9 Å². The number of aliphatic carboxylic acids is 1. The summed E-state index contributed by atoms with van der Waals surface area (Å²) in [6, 6.07) is 6.07. The minimum atomic E-state index is -0.835. The molecule has 1 heterocycles. The van der Waals surface area contributed by atoms with Gasteiger partial charge < -0.3 is 5.11 Å². The first-order valence-electron chi connectivity index (χ1n) is 5.82. The summed E-state index contributed by atoms with van der Waals surface area (Å²) in [5.74, 6) is -0.835. The van der Waals surface area contributed by atoms with Crippen LogP contribution in [0.2, 0.25) is 0 Å². The van der Waals surface area contributed by atoms with E-state index in [2.05, 4.69) is 12.0 Å². The molecule has 18 heavy (non-hydrogen) atoms. The standard InChI is InChI=1S/C14H16N2O2/c1-9-4-5-13(6-10(9)2)16-8-12(7-14(17)18)11(3)15-16/h4-6,8H,7H2,1-3H3,(H,17,18). The second-order valence-electron chi connectivity index (χ2n) is 4.52. The molecular weight excluding hydrogens is 228 g/mol. The summed E-state index contributed by atoms with van der Waals surface area (Å²) in [6.45, 7) is 5.94. The van der Waals surface area contributed by atoms with Crippen molar-refractivity contribution in [3.05, 3.63) is 46.8 Å². The number of carboxylic acids is 1. The second-order valence-corrected chi connectivity index (χ2v) is 4.52. The molecule has 0 atom stereocenters. The first kappa shape index (κ1) is 12.4. The second kappa shape index (κ2) is 4.64. The van der Waals surface area contributed by atoms with Gasteiger partial charge in [0.25, 0.3) is 0 Å². The summed E-state index contributed by atoms with van der Waals surface area (Å²) < 4.78 is 1.74. The van der Waals surface area contributed by atoms with Crippen molar-refractivity contribution in [3.8, 4) is 5.69 Å². The van der Waals surface area contributed by atoms with Crippen molar-refractivity contribution in [2.45, 2.75) is 27.2 Å². The number of hydrogen-bond acceptors (Lipinski definition) is 2. The lowest BCUT2D eigenvalue weighted by atomic mass is 10.1. The third kappa shape index (κ3) is 2.42. The Morgan fingerprint density at radius 2 is 2.00 bits per heavy atom. The van der Waals surface area contributed by atoms with Crippen LogP contribution in [-0.4, -0.2) is 20.9 Å². The molecule has 0 unspecified atom stereocenters. The summed E-state index contributed by atoms with van der Waals surface area (Å²) in [6.07, 6.45) is 1.80. The minimum absolute atomic E-state index is 0.0106. The predicted octanol–water partition coefficient (Wildman–Crippen LogP) is 2.42. The molecule has 0 bridgehead atoms. The Bertz CT molecular complexity index is 600. The molecule has 0 aliphatic heterocycles. The van der Waals surface area contributed by atoms with Crippen LogP contribution in [0.5, 0.6) is 0 Å². The largest absolute Gasteiger partial charge is 0.481 e. The van der Waals surface area contributed by atoms with Gasteiger partial charge >= 0.3 is 5.97 Å². The molecular formula is C14H16N2O2. The van der Waals surface area contributed by atoms with Crippen molar-refractivity contribution < 1.29 is 9.90 Å². The van der Waals surface area contributed by atoms with Gasteiger partial charge in [0, 0.05) is 11.8 Å². The zero-order valence-corrected chi connectivity index (χ0v) is 10.8. The number of carbonyl (C=O) groups is 1. The molecule has 0 saturated heterocycles. The highest BCUT2D eigenvalue weighted by atomic mass is 16.4. The van der Waals surface area contributed by atoms with Crippen molar-refractivity contribution >= 4 is 5.97 Å². The summed E-state index contributed by atoms with van der Waals surface area (Å²) in [7, 11) is 0. The van der Waals surface area contributed by atoms with Crippen molar-refractivity contribution in [2.24, 2.45) is 0 Å². The summed E-state index contributed by atoms with van der Waals surface area (Å²) >= 11 is 0. The van der Waals surface area contributed by atoms with Crippen LogP contribution in [0, 0.1) is 20.8 Å². The van der Waals surface area contributed by atoms with Crippen LogP contribution in [0.15, 0.2) is 24.4 Å². The minimum Gasteiger partial charge on any atom is -0.481 e. The van der Waals surface area contributed by atoms with Crippen molar-refractivity contribution in [3.63, 3.8) is 0 Å². The average Bonchev–Trinajstić information content (AvgIpc) is 2.63. The predicted molar refractivity (Wildman–Crippen MR) is 69.1 cm³/mol. The van der Waals surface area contributed by atoms with Crippen molar-refractivity contribution in [1.29, 1.82) is 0 Å². The Kier molecular flexibility index (Phi) is 3.19. The monoisotopic (exact) mass is 244 g/mol. The Balaban J connectivity index is 2.39. The van der Waals surface area contributed by atoms with Gasteiger partial charge in [-0.05, 0) is 44.0 Å². The van der Waals surface area contributed by atoms with Gasteiger partial charge in [0.15, 0.2) is 0 Å². The maximum absolute atomic E-state index is 10.7. The molecule has 1 N–H and O–H groups in total. The van der Waals surface area contributed by atoms with E-state index in [4.69, 9.17) is 5.11 Å². The average molecular weight is 244 g/mol. The maximum atomic E-state index is 10.7. The van der Waals surface area contributed by atoms with Gasteiger partial charge in [0.1, 0.15) is 0 Å². The van der Waals surface area contributed by atoms with Crippen LogP contribution in [-0.2, 0) is 11.2 Å². The molecule has 1 aromatic carbocycles. The lowest BCUT2D eigenvalue weighted by Crippen LogP contribution is -2.00. The van der Waals surface area contributed by atoms with E-state index in [1.165, 1.54) is 11.1 Å². The Morgan fingerprint density at radius 3 is 2.61 bits per heavy atom. The Morgan fingerprint density at radius 1 is 1.28 bits per heavy atom. The van der Waals surface area contributed by atoms with E-state index in [1.54, 1.807) is 10.9 Å². The first-order chi connectivity index (χ1) is 8.47. The molecule has 4 nitrogen and oxygen atoms in total. The summed E-state index contributed by atoms with van der Waals surface area (Å²) in [5, 5.41) is 13.2. The van der Waals surface area contributed by atoms with Crippen LogP contribution >= 0.6 is 0 Å². The topological polar surface area (TPSA) is 55.1 Å². The van der Waals surface area contributed by atoms with E-state index in [9.17, 15) is 4.79 Å². The Hall–Kier alpha value is -2.10. The first-order valence-corrected chi connectivity index (χ1v) is 5.82. The normalized spacial score (nSPS) is 10.6. The van der Waals surface area contributed by atoms with Gasteiger partial charge in [-0.15, -0.1) is 0 Å². The SMILES string of the molecule is Cc1ccc(-n2cc(CC(=O)O)c(C)n2)cc1C. The van der Waals surface area contributed by atoms with Crippen LogP contribution in [0.4, 0.5) is 0 Å². The third-order valence-electron chi connectivity index (χ3n) is 3.10. The van der Waals surface area contributed by atoms with Crippen molar-refractivity contribution in [1.82, 2.24) is 9.78 Å². The number of nitrogens with zero attached hydrogens (tertiary/aromatic N) is 2. The molecule has 94 valence electrons. The molecule has 0 aliphatic rings. The quantitative estimate of drug-likeness (QED) is 0.902. The van der Waals surface area contributed by atoms with Crippen LogP contribution < -0.4 is 0 Å². The van der Waals surface area contributed by atoms with E-state index in [1.807, 2.05) is 32.0 Å². The van der Waals surface area contributed by atoms with Gasteiger partial charge in [0.05, 0.1) is 17.8 Å². The zero-order valence-electron chi connectivity index (χ0n) is 10.8. The molecule has 0 radical (unpaired) electrons. The number of aryl methyl sites for hydroxylation is 3. The summed E-state index contributed by atoms with van der Waals surface area (Å²) in [5.41, 5.74) is 4.89. The van der Waals surface area contributed by atoms with Crippen LogP contribution in [0.3, 0.4) is 0 Å². The maximum Gasteiger partial charge on any atom is 0.307 e. The van der Waals surface area contributed by atoms with E-state index >= 15 is 0 Å². The number of benzene rings is 1. The fourth-order valence-electron chi connectivity index (χ4n) is 1.83. The Labute approximate surface area is 106 Å². The van der Waals surface area contributed by atoms with Gasteiger partial charge in [-0.2, -0.15) is 5.10 Å². The lowest BCUT2D eigenvalue weighted by molar-refractivity contribution is -0.136. The highest BCUT2D eigenvalue weighted by Crippen LogP contribution is 2.16. The molecule has 1 aromatic heterocycles. The number of carboxylic acid groups (broad SMARTS) is 1. The summed E-state index contributed by atoms with van der Waals surface area (Å²) in [4.78, 5) is 10.7. The van der Waals surface area contributed by atoms with E-state index in [0.29, 0.717) is 0 Å². The van der Waals surface area contributed by atoms with Gasteiger partial charge in [0.2, 0.25) is 0 Å². The highest BCUT2D eigenvalue weighted by Gasteiger charge is 2.10. The zero-order chi connectivity index (χ0) is 13.3. The number of aromatic nitrogens is 2. The number of hydrogen-bond donors (Lipinski definition) is 1. The molecule has 0 spiro atoms. The van der Waals surface area contributed by atoms with Crippen LogP contribution in [0.25, 0.3) is 5.69 Å². The van der Waals surface area contributed by atoms with Gasteiger partial charge in [-0.25, -0.2) is 4.68 Å². The smallest absolute Gasteiger partial charge is 0.307 e. The molecule has 2 rings (SSSR count). The highest BCUT2D eigenvalue weighted by molar-refractivity contribution is 5.70. The lowest BCUT2D eigenvalue weighted by Gasteiger charge is -2.04. The molecule has 0 aliphatic carbocycles. The molecule has 0 amide bonds. The van der Waals surface area contributed by atoms with E-state index < -0.39 is 5.97 Å². The van der Waals surface area contributed by atoms with Crippen molar-refractivity contribution in [2.75, 3.05) is 0 Å². The van der Waals surface area contributed by atoms with Gasteiger partial charge in [-0.1, -0.05) is 6.07 Å². The molecule has 4 heteroatoms. The van der Waals surface area contributed by atoms with Crippen LogP contribution in [0.1, 0.15) is 22.4 Å². The fraction of sp³-hybridized carbons (Fsp3) is 0.286. The fourth-order valence-corrected chi connectivity index (χ4v) is 1.83. The number of rotatable bonds is 3. The van der Waals surface area contributed by atoms with Gasteiger partial charge in [-0.3, -0.25) is 4.79 Å². The molecule has 0 fully saturated rings. The van der Waals surface area contributed by atoms with E-state index in [-0.39, 0.29) is 6.42 Å². The molecule has 0 saturated carbocycles. The molecule has 2 aromatic rings. The third-order valence-corrected chi connectivity index (χ3v) is 3.10.